The van der Waals surface area contributed by atoms with E-state index in [1.165, 1.54) is 0 Å². The molecule has 0 bridgehead atoms. The minimum Gasteiger partial charge on any atom is -0.497 e. The van der Waals surface area contributed by atoms with Gasteiger partial charge in [-0.25, -0.2) is 8.78 Å². The van der Waals surface area contributed by atoms with E-state index in [0.717, 1.165) is 41.3 Å². The number of halogens is 2. The van der Waals surface area contributed by atoms with E-state index in [1.807, 2.05) is 24.3 Å². The molecule has 0 fully saturated rings. The van der Waals surface area contributed by atoms with Gasteiger partial charge in [0.05, 0.1) is 19.3 Å². The SMILES string of the molecule is COc1ccc(Cc2nnc(SCC(=O)Nc3cc(F)cc(F)c3)o2)cc1. The number of nitrogens with one attached hydrogen (secondary N) is 1. The predicted molar refractivity (Wildman–Crippen MR) is 95.8 cm³/mol. The second-order valence-electron chi connectivity index (χ2n) is 5.48. The van der Waals surface area contributed by atoms with Crippen LogP contribution < -0.4 is 10.1 Å². The summed E-state index contributed by atoms with van der Waals surface area (Å²) in [5.41, 5.74) is 1.02. The number of thioether (sulfide) groups is 1. The van der Waals surface area contributed by atoms with Crippen LogP contribution in [0.4, 0.5) is 14.5 Å². The fraction of sp³-hybridized carbons (Fsp3) is 0.167. The van der Waals surface area contributed by atoms with Crippen LogP contribution in [0, 0.1) is 11.6 Å². The minimum absolute atomic E-state index is 0.0394. The number of hydrogen-bond donors (Lipinski definition) is 1. The number of carbonyl (C=O) groups is 1. The number of nitrogens with zero attached hydrogens (tertiary/aromatic N) is 2. The fourth-order valence-electron chi connectivity index (χ4n) is 2.24. The lowest BCUT2D eigenvalue weighted by molar-refractivity contribution is -0.113. The third-order valence-corrected chi connectivity index (χ3v) is 4.25. The highest BCUT2D eigenvalue weighted by Crippen LogP contribution is 2.20. The highest BCUT2D eigenvalue weighted by Gasteiger charge is 2.11. The maximum absolute atomic E-state index is 13.1. The molecule has 0 aliphatic rings. The van der Waals surface area contributed by atoms with Gasteiger partial charge < -0.3 is 14.5 Å². The van der Waals surface area contributed by atoms with Crippen LogP contribution in [0.3, 0.4) is 0 Å². The summed E-state index contributed by atoms with van der Waals surface area (Å²) < 4.78 is 36.8. The van der Waals surface area contributed by atoms with Crippen LogP contribution >= 0.6 is 11.8 Å². The van der Waals surface area contributed by atoms with E-state index in [9.17, 15) is 13.6 Å². The molecule has 0 saturated heterocycles. The van der Waals surface area contributed by atoms with Gasteiger partial charge in [0, 0.05) is 11.8 Å². The lowest BCUT2D eigenvalue weighted by atomic mass is 10.1. The zero-order chi connectivity index (χ0) is 19.2. The normalized spacial score (nSPS) is 10.6. The van der Waals surface area contributed by atoms with Crippen LogP contribution in [0.15, 0.2) is 52.1 Å². The molecule has 0 aliphatic carbocycles. The van der Waals surface area contributed by atoms with E-state index in [0.29, 0.717) is 12.3 Å². The molecular weight excluding hydrogens is 376 g/mol. The number of aromatic nitrogens is 2. The number of carbonyl (C=O) groups excluding carboxylic acids is 1. The van der Waals surface area contributed by atoms with E-state index in [4.69, 9.17) is 9.15 Å². The summed E-state index contributed by atoms with van der Waals surface area (Å²) in [4.78, 5) is 11.9. The van der Waals surface area contributed by atoms with Crippen molar-refractivity contribution in [3.8, 4) is 5.75 Å². The molecule has 1 amide bonds. The molecule has 1 heterocycles. The molecule has 1 aromatic heterocycles. The Hall–Kier alpha value is -2.94. The topological polar surface area (TPSA) is 77.2 Å². The van der Waals surface area contributed by atoms with E-state index in [1.54, 1.807) is 7.11 Å². The first-order chi connectivity index (χ1) is 13.0. The minimum atomic E-state index is -0.766. The standard InChI is InChI=1S/C18H15F2N3O3S/c1-25-15-4-2-11(3-5-15)6-17-22-23-18(26-17)27-10-16(24)21-14-8-12(19)7-13(20)9-14/h2-5,7-9H,6,10H2,1H3,(H,21,24). The first-order valence-corrected chi connectivity index (χ1v) is 8.84. The molecule has 27 heavy (non-hydrogen) atoms. The van der Waals surface area contributed by atoms with Gasteiger partial charge in [-0.05, 0) is 29.8 Å². The Bertz CT molecular complexity index is 912. The third kappa shape index (κ3) is 5.52. The Kier molecular flexibility index (Phi) is 6.02. The van der Waals surface area contributed by atoms with Crippen LogP contribution in [-0.2, 0) is 11.2 Å². The zero-order valence-electron chi connectivity index (χ0n) is 14.2. The first-order valence-electron chi connectivity index (χ1n) is 7.86. The number of ether oxygens (including phenoxy) is 1. The summed E-state index contributed by atoms with van der Waals surface area (Å²) in [6.45, 7) is 0. The molecule has 9 heteroatoms. The monoisotopic (exact) mass is 391 g/mol. The second kappa shape index (κ2) is 8.63. The third-order valence-electron chi connectivity index (χ3n) is 3.44. The smallest absolute Gasteiger partial charge is 0.277 e. The molecule has 6 nitrogen and oxygen atoms in total. The molecule has 140 valence electrons. The van der Waals surface area contributed by atoms with Gasteiger partial charge in [-0.3, -0.25) is 4.79 Å². The van der Waals surface area contributed by atoms with Crippen molar-refractivity contribution in [2.45, 2.75) is 11.6 Å². The van der Waals surface area contributed by atoms with Gasteiger partial charge in [0.1, 0.15) is 17.4 Å². The predicted octanol–water partition coefficient (Wildman–Crippen LogP) is 3.68. The Morgan fingerprint density at radius 1 is 1.15 bits per heavy atom. The molecule has 0 radical (unpaired) electrons. The Morgan fingerprint density at radius 2 is 1.85 bits per heavy atom. The Balaban J connectivity index is 1.51. The maximum Gasteiger partial charge on any atom is 0.277 e. The molecule has 0 spiro atoms. The van der Waals surface area contributed by atoms with E-state index >= 15 is 0 Å². The van der Waals surface area contributed by atoms with Gasteiger partial charge >= 0.3 is 0 Å². The van der Waals surface area contributed by atoms with Crippen molar-refractivity contribution in [3.63, 3.8) is 0 Å². The molecule has 0 saturated carbocycles. The molecule has 2 aromatic carbocycles. The Morgan fingerprint density at radius 3 is 2.52 bits per heavy atom. The highest BCUT2D eigenvalue weighted by molar-refractivity contribution is 7.99. The van der Waals surface area contributed by atoms with Gasteiger partial charge in [0.15, 0.2) is 0 Å². The highest BCUT2D eigenvalue weighted by atomic mass is 32.2. The van der Waals surface area contributed by atoms with Crippen LogP contribution in [0.2, 0.25) is 0 Å². The van der Waals surface area contributed by atoms with Crippen LogP contribution in [0.5, 0.6) is 5.75 Å². The molecule has 3 aromatic rings. The van der Waals surface area contributed by atoms with Gasteiger partial charge in [0.25, 0.3) is 5.22 Å². The van der Waals surface area contributed by atoms with Crippen LogP contribution in [0.1, 0.15) is 11.5 Å². The number of anilines is 1. The lowest BCUT2D eigenvalue weighted by Gasteiger charge is -2.04. The van der Waals surface area contributed by atoms with Gasteiger partial charge in [-0.2, -0.15) is 0 Å². The average Bonchev–Trinajstić information content (AvgIpc) is 3.07. The summed E-state index contributed by atoms with van der Waals surface area (Å²) in [5.74, 6) is -0.849. The zero-order valence-corrected chi connectivity index (χ0v) is 15.1. The summed E-state index contributed by atoms with van der Waals surface area (Å²) >= 11 is 1.03. The van der Waals surface area contributed by atoms with Crippen molar-refractivity contribution in [1.29, 1.82) is 0 Å². The fourth-order valence-corrected chi connectivity index (χ4v) is 2.82. The summed E-state index contributed by atoms with van der Waals surface area (Å²) in [7, 11) is 1.59. The molecule has 0 unspecified atom stereocenters. The van der Waals surface area contributed by atoms with Gasteiger partial charge in [0.2, 0.25) is 11.8 Å². The van der Waals surface area contributed by atoms with Crippen molar-refractivity contribution in [2.75, 3.05) is 18.2 Å². The maximum atomic E-state index is 13.1. The van der Waals surface area contributed by atoms with E-state index in [2.05, 4.69) is 15.5 Å². The number of benzene rings is 2. The first kappa shape index (κ1) is 18.8. The average molecular weight is 391 g/mol. The molecule has 3 rings (SSSR count). The van der Waals surface area contributed by atoms with Crippen molar-refractivity contribution in [2.24, 2.45) is 0 Å². The molecule has 0 atom stereocenters. The molecule has 0 aliphatic heterocycles. The van der Waals surface area contributed by atoms with Crippen LogP contribution in [0.25, 0.3) is 0 Å². The van der Waals surface area contributed by atoms with Crippen LogP contribution in [-0.4, -0.2) is 29.0 Å². The summed E-state index contributed by atoms with van der Waals surface area (Å²) in [6, 6.07) is 10.2. The number of rotatable bonds is 7. The van der Waals surface area contributed by atoms with Crippen molar-refractivity contribution in [3.05, 3.63) is 65.6 Å². The van der Waals surface area contributed by atoms with E-state index in [-0.39, 0.29) is 16.7 Å². The summed E-state index contributed by atoms with van der Waals surface area (Å²) in [6.07, 6.45) is 0.451. The van der Waals surface area contributed by atoms with E-state index < -0.39 is 17.5 Å². The second-order valence-corrected chi connectivity index (χ2v) is 6.41. The number of amides is 1. The number of hydrogen-bond acceptors (Lipinski definition) is 6. The quantitative estimate of drug-likeness (QED) is 0.619. The van der Waals surface area contributed by atoms with Crippen molar-refractivity contribution in [1.82, 2.24) is 10.2 Å². The van der Waals surface area contributed by atoms with Crippen molar-refractivity contribution < 1.29 is 22.7 Å². The Labute approximate surface area is 157 Å². The van der Waals surface area contributed by atoms with Gasteiger partial charge in [-0.15, -0.1) is 10.2 Å². The van der Waals surface area contributed by atoms with Gasteiger partial charge in [-0.1, -0.05) is 23.9 Å². The largest absolute Gasteiger partial charge is 0.497 e. The molecular formula is C18H15F2N3O3S. The summed E-state index contributed by atoms with van der Waals surface area (Å²) in [5, 5.41) is 10.5. The molecule has 1 N–H and O–H groups in total. The lowest BCUT2D eigenvalue weighted by Crippen LogP contribution is -2.14. The number of methoxy groups -OCH3 is 1. The van der Waals surface area contributed by atoms with Crippen molar-refractivity contribution >= 4 is 23.4 Å².